The summed E-state index contributed by atoms with van der Waals surface area (Å²) >= 11 is 5.90. The fourth-order valence-corrected chi connectivity index (χ4v) is 2.94. The summed E-state index contributed by atoms with van der Waals surface area (Å²) in [4.78, 5) is 17.0. The first-order chi connectivity index (χ1) is 14.7. The van der Waals surface area contributed by atoms with Crippen LogP contribution in [-0.2, 0) is 4.79 Å². The van der Waals surface area contributed by atoms with Gasteiger partial charge in [0.25, 0.3) is 0 Å². The number of halogens is 1. The molecule has 0 atom stereocenters. The molecule has 164 valence electrons. The highest BCUT2D eigenvalue weighted by molar-refractivity contribution is 6.20. The Morgan fingerprint density at radius 2 is 1.84 bits per heavy atom. The lowest BCUT2D eigenvalue weighted by molar-refractivity contribution is -0.122. The van der Waals surface area contributed by atoms with Crippen molar-refractivity contribution in [2.24, 2.45) is 11.3 Å². The molecule has 0 saturated carbocycles. The number of aromatic nitrogens is 3. The van der Waals surface area contributed by atoms with Crippen molar-refractivity contribution in [1.82, 2.24) is 14.8 Å². The van der Waals surface area contributed by atoms with Gasteiger partial charge in [-0.3, -0.25) is 4.79 Å². The van der Waals surface area contributed by atoms with Crippen LogP contribution in [0.15, 0.2) is 48.5 Å². The summed E-state index contributed by atoms with van der Waals surface area (Å²) < 4.78 is 7.56. The second-order valence-corrected chi connectivity index (χ2v) is 8.94. The van der Waals surface area contributed by atoms with Crippen LogP contribution in [0.4, 0.5) is 5.69 Å². The summed E-state index contributed by atoms with van der Waals surface area (Å²) in [5.41, 5.74) is 2.95. The van der Waals surface area contributed by atoms with Crippen molar-refractivity contribution < 1.29 is 9.53 Å². The average molecular weight is 441 g/mol. The van der Waals surface area contributed by atoms with E-state index in [1.54, 1.807) is 4.68 Å². The molecule has 0 aliphatic rings. The Hall–Kier alpha value is -2.86. The normalized spacial score (nSPS) is 11.6. The minimum atomic E-state index is -0.646. The average Bonchev–Trinajstić information content (AvgIpc) is 3.17. The minimum absolute atomic E-state index is 0.124. The van der Waals surface area contributed by atoms with Gasteiger partial charge < -0.3 is 10.1 Å². The third-order valence-corrected chi connectivity index (χ3v) is 5.51. The molecule has 0 radical (unpaired) electrons. The number of anilines is 1. The Bertz CT molecular complexity index is 1040. The molecule has 2 aromatic carbocycles. The predicted octanol–water partition coefficient (Wildman–Crippen LogP) is 5.48. The molecule has 31 heavy (non-hydrogen) atoms. The number of nitrogens with zero attached hydrogens (tertiary/aromatic N) is 3. The Labute approximate surface area is 188 Å². The van der Waals surface area contributed by atoms with Crippen LogP contribution < -0.4 is 10.1 Å². The van der Waals surface area contributed by atoms with E-state index in [2.05, 4.69) is 29.2 Å². The van der Waals surface area contributed by atoms with Gasteiger partial charge in [-0.15, -0.1) is 16.7 Å². The summed E-state index contributed by atoms with van der Waals surface area (Å²) in [7, 11) is 0. The lowest BCUT2D eigenvalue weighted by Crippen LogP contribution is -2.32. The number of alkyl halides is 1. The van der Waals surface area contributed by atoms with Gasteiger partial charge >= 0.3 is 6.01 Å². The molecule has 0 aliphatic heterocycles. The molecule has 6 nitrogen and oxygen atoms in total. The van der Waals surface area contributed by atoms with Crippen LogP contribution in [0.5, 0.6) is 6.01 Å². The number of carbonyl (C=O) groups is 1. The SMILES string of the molecule is Cc1ccccc1-c1nc(OCC(C)C)nn1-c1ccc(NC(=O)C(C)(C)CCl)cc1. The van der Waals surface area contributed by atoms with Crippen molar-refractivity contribution >= 4 is 23.2 Å². The number of aryl methyl sites for hydroxylation is 1. The van der Waals surface area contributed by atoms with Gasteiger partial charge in [-0.2, -0.15) is 4.98 Å². The molecule has 3 aromatic rings. The number of hydrogen-bond acceptors (Lipinski definition) is 4. The standard InChI is InChI=1S/C24H29ClN4O2/c1-16(2)14-31-23-27-21(20-9-7-6-8-17(20)3)29(28-23)19-12-10-18(11-13-19)26-22(30)24(4,5)15-25/h6-13,16H,14-15H2,1-5H3,(H,26,30). The summed E-state index contributed by atoms with van der Waals surface area (Å²) in [5.74, 6) is 1.20. The van der Waals surface area contributed by atoms with Crippen molar-refractivity contribution in [1.29, 1.82) is 0 Å². The van der Waals surface area contributed by atoms with Gasteiger partial charge in [0.15, 0.2) is 5.82 Å². The monoisotopic (exact) mass is 440 g/mol. The molecule has 0 aliphatic carbocycles. The fraction of sp³-hybridized carbons (Fsp3) is 0.375. The van der Waals surface area contributed by atoms with Gasteiger partial charge in [0.1, 0.15) is 0 Å². The fourth-order valence-electron chi connectivity index (χ4n) is 2.82. The highest BCUT2D eigenvalue weighted by Crippen LogP contribution is 2.27. The van der Waals surface area contributed by atoms with Crippen LogP contribution in [-0.4, -0.2) is 33.2 Å². The number of benzene rings is 2. The minimum Gasteiger partial charge on any atom is -0.462 e. The van der Waals surface area contributed by atoms with E-state index < -0.39 is 5.41 Å². The number of carbonyl (C=O) groups excluding carboxylic acids is 1. The van der Waals surface area contributed by atoms with Gasteiger partial charge in [-0.05, 0) is 56.5 Å². The molecule has 0 spiro atoms. The first-order valence-corrected chi connectivity index (χ1v) is 10.9. The summed E-state index contributed by atoms with van der Waals surface area (Å²) in [5, 5.41) is 7.50. The second kappa shape index (κ2) is 9.52. The van der Waals surface area contributed by atoms with Gasteiger partial charge in [0, 0.05) is 17.1 Å². The molecule has 1 aromatic heterocycles. The maximum absolute atomic E-state index is 12.4. The Balaban J connectivity index is 1.93. The summed E-state index contributed by atoms with van der Waals surface area (Å²) in [6.07, 6.45) is 0. The van der Waals surface area contributed by atoms with E-state index in [0.29, 0.717) is 30.0 Å². The van der Waals surface area contributed by atoms with E-state index in [9.17, 15) is 4.79 Å². The molecule has 0 fully saturated rings. The van der Waals surface area contributed by atoms with E-state index in [1.807, 2.05) is 69.3 Å². The largest absolute Gasteiger partial charge is 0.462 e. The highest BCUT2D eigenvalue weighted by Gasteiger charge is 2.26. The molecule has 7 heteroatoms. The van der Waals surface area contributed by atoms with E-state index >= 15 is 0 Å². The van der Waals surface area contributed by atoms with Crippen LogP contribution in [0.3, 0.4) is 0 Å². The Morgan fingerprint density at radius 3 is 2.45 bits per heavy atom. The maximum atomic E-state index is 12.4. The zero-order chi connectivity index (χ0) is 22.6. The smallest absolute Gasteiger partial charge is 0.336 e. The molecular formula is C24H29ClN4O2. The maximum Gasteiger partial charge on any atom is 0.336 e. The van der Waals surface area contributed by atoms with Gasteiger partial charge in [0.05, 0.1) is 17.7 Å². The van der Waals surface area contributed by atoms with E-state index in [0.717, 1.165) is 16.8 Å². The van der Waals surface area contributed by atoms with Gasteiger partial charge in [-0.25, -0.2) is 4.68 Å². The first-order valence-electron chi connectivity index (χ1n) is 10.3. The quantitative estimate of drug-likeness (QED) is 0.471. The number of hydrogen-bond donors (Lipinski definition) is 1. The van der Waals surface area contributed by atoms with Crippen molar-refractivity contribution in [3.63, 3.8) is 0 Å². The van der Waals surface area contributed by atoms with Gasteiger partial charge in [-0.1, -0.05) is 38.1 Å². The summed E-state index contributed by atoms with van der Waals surface area (Å²) in [6.45, 7) is 10.4. The zero-order valence-corrected chi connectivity index (χ0v) is 19.4. The Morgan fingerprint density at radius 1 is 1.16 bits per heavy atom. The number of ether oxygens (including phenoxy) is 1. The molecule has 1 amide bonds. The molecule has 0 unspecified atom stereocenters. The van der Waals surface area contributed by atoms with E-state index in [1.165, 1.54) is 0 Å². The molecular weight excluding hydrogens is 412 g/mol. The van der Waals surface area contributed by atoms with E-state index in [4.69, 9.17) is 16.3 Å². The predicted molar refractivity (Wildman–Crippen MR) is 125 cm³/mol. The lowest BCUT2D eigenvalue weighted by atomic mass is 9.95. The topological polar surface area (TPSA) is 69.0 Å². The Kier molecular flexibility index (Phi) is 7.01. The molecule has 1 N–H and O–H groups in total. The molecule has 0 bridgehead atoms. The molecule has 1 heterocycles. The third-order valence-electron chi connectivity index (χ3n) is 4.84. The number of amides is 1. The van der Waals surface area contributed by atoms with Crippen molar-refractivity contribution in [3.8, 4) is 23.1 Å². The second-order valence-electron chi connectivity index (χ2n) is 8.67. The highest BCUT2D eigenvalue weighted by atomic mass is 35.5. The van der Waals surface area contributed by atoms with Crippen LogP contribution in [0.1, 0.15) is 33.3 Å². The van der Waals surface area contributed by atoms with Crippen molar-refractivity contribution in [3.05, 3.63) is 54.1 Å². The van der Waals surface area contributed by atoms with Crippen LogP contribution >= 0.6 is 11.6 Å². The van der Waals surface area contributed by atoms with Crippen molar-refractivity contribution in [2.45, 2.75) is 34.6 Å². The third kappa shape index (κ3) is 5.44. The van der Waals surface area contributed by atoms with Crippen LogP contribution in [0, 0.1) is 18.3 Å². The zero-order valence-electron chi connectivity index (χ0n) is 18.6. The molecule has 3 rings (SSSR count). The molecule has 0 saturated heterocycles. The number of nitrogens with one attached hydrogen (secondary N) is 1. The van der Waals surface area contributed by atoms with Gasteiger partial charge in [0.2, 0.25) is 5.91 Å². The summed E-state index contributed by atoms with van der Waals surface area (Å²) in [6, 6.07) is 15.9. The van der Waals surface area contributed by atoms with Crippen molar-refractivity contribution in [2.75, 3.05) is 17.8 Å². The van der Waals surface area contributed by atoms with Crippen LogP contribution in [0.25, 0.3) is 17.1 Å². The lowest BCUT2D eigenvalue weighted by Gasteiger charge is -2.20. The number of rotatable bonds is 8. The van der Waals surface area contributed by atoms with E-state index in [-0.39, 0.29) is 11.8 Å². The van der Waals surface area contributed by atoms with Crippen LogP contribution in [0.2, 0.25) is 0 Å². The first kappa shape index (κ1) is 22.8.